The van der Waals surface area contributed by atoms with E-state index >= 15 is 0 Å². The third-order valence-corrected chi connectivity index (χ3v) is 6.70. The Hall–Kier alpha value is -3.81. The highest BCUT2D eigenvalue weighted by atomic mass is 79.9. The lowest BCUT2D eigenvalue weighted by atomic mass is 10.00. The highest BCUT2D eigenvalue weighted by Gasteiger charge is 2.26. The fourth-order valence-electron chi connectivity index (χ4n) is 4.12. The fraction of sp³-hybridized carbons (Fsp3) is 0.103. The summed E-state index contributed by atoms with van der Waals surface area (Å²) in [6.45, 7) is 0. The quantitative estimate of drug-likeness (QED) is 0.293. The molecule has 0 aliphatic carbocycles. The first kappa shape index (κ1) is 24.9. The van der Waals surface area contributed by atoms with Gasteiger partial charge in [0.2, 0.25) is 11.8 Å². The number of carbonyl (C=O) groups excluding carboxylic acids is 2. The third-order valence-electron chi connectivity index (χ3n) is 5.93. The van der Waals surface area contributed by atoms with Crippen LogP contribution in [0.15, 0.2) is 101 Å². The van der Waals surface area contributed by atoms with Crippen LogP contribution in [-0.2, 0) is 22.4 Å². The highest BCUT2D eigenvalue weighted by Crippen LogP contribution is 2.29. The van der Waals surface area contributed by atoms with E-state index < -0.39 is 6.04 Å². The average Bonchev–Trinajstić information content (AvgIpc) is 3.02. The summed E-state index contributed by atoms with van der Waals surface area (Å²) < 4.78 is 0.972. The Morgan fingerprint density at radius 2 is 1.78 bits per heavy atom. The van der Waals surface area contributed by atoms with Crippen LogP contribution in [-0.4, -0.2) is 28.6 Å². The number of carbonyl (C=O) groups is 2. The summed E-state index contributed by atoms with van der Waals surface area (Å²) in [5.74, 6) is -0.345. The standard InChI is InChI=1S/C29H22BrClN4O2/c30-20-8-4-18(5-9-20)15-26-29(37)35-25-16-21(31)10-13-24(25)28(34-26)19-6-11-22(12-7-19)33-27(36)17-23-3-1-2-14-32-23/h1-14,16,26H,15,17H2,(H,33,36)(H,35,37). The Balaban J connectivity index is 1.43. The van der Waals surface area contributed by atoms with Gasteiger partial charge in [-0.05, 0) is 60.2 Å². The SMILES string of the molecule is O=C(Cc1ccccn1)Nc1ccc(C2=NC(Cc3ccc(Br)cc3)C(=O)Nc3cc(Cl)ccc32)cc1. The minimum Gasteiger partial charge on any atom is -0.326 e. The number of nitrogens with zero attached hydrogens (tertiary/aromatic N) is 2. The van der Waals surface area contributed by atoms with E-state index in [1.165, 1.54) is 0 Å². The largest absolute Gasteiger partial charge is 0.326 e. The molecule has 0 saturated heterocycles. The van der Waals surface area contributed by atoms with Crippen LogP contribution >= 0.6 is 27.5 Å². The molecule has 8 heteroatoms. The zero-order chi connectivity index (χ0) is 25.8. The van der Waals surface area contributed by atoms with Gasteiger partial charge in [0.05, 0.1) is 17.8 Å². The molecule has 0 radical (unpaired) electrons. The molecule has 1 aromatic heterocycles. The van der Waals surface area contributed by atoms with Crippen molar-refractivity contribution >= 4 is 56.4 Å². The van der Waals surface area contributed by atoms with Gasteiger partial charge in [0.1, 0.15) is 6.04 Å². The van der Waals surface area contributed by atoms with Crippen LogP contribution in [0.5, 0.6) is 0 Å². The van der Waals surface area contributed by atoms with Crippen LogP contribution in [0, 0.1) is 0 Å². The van der Waals surface area contributed by atoms with E-state index in [9.17, 15) is 9.59 Å². The van der Waals surface area contributed by atoms with Gasteiger partial charge in [0.15, 0.2) is 0 Å². The number of aromatic nitrogens is 1. The van der Waals surface area contributed by atoms with Crippen LogP contribution < -0.4 is 10.6 Å². The maximum absolute atomic E-state index is 13.1. The number of aliphatic imine (C=N–C) groups is 1. The van der Waals surface area contributed by atoms with E-state index in [0.717, 1.165) is 21.2 Å². The Morgan fingerprint density at radius 1 is 1.00 bits per heavy atom. The van der Waals surface area contributed by atoms with Gasteiger partial charge in [-0.2, -0.15) is 0 Å². The fourth-order valence-corrected chi connectivity index (χ4v) is 4.56. The smallest absolute Gasteiger partial charge is 0.249 e. The lowest BCUT2D eigenvalue weighted by Crippen LogP contribution is -2.27. The molecule has 6 nitrogen and oxygen atoms in total. The van der Waals surface area contributed by atoms with E-state index in [-0.39, 0.29) is 18.2 Å². The van der Waals surface area contributed by atoms with Crippen LogP contribution in [0.2, 0.25) is 5.02 Å². The van der Waals surface area contributed by atoms with Crippen LogP contribution in [0.25, 0.3) is 0 Å². The van der Waals surface area contributed by atoms with Gasteiger partial charge < -0.3 is 10.6 Å². The first-order valence-electron chi connectivity index (χ1n) is 11.7. The van der Waals surface area contributed by atoms with E-state index in [1.54, 1.807) is 18.3 Å². The molecule has 0 saturated carbocycles. The van der Waals surface area contributed by atoms with Crippen molar-refractivity contribution in [1.29, 1.82) is 0 Å². The van der Waals surface area contributed by atoms with Crippen molar-refractivity contribution in [3.8, 4) is 0 Å². The number of benzodiazepines with no additional fused rings is 1. The first-order chi connectivity index (χ1) is 17.9. The summed E-state index contributed by atoms with van der Waals surface area (Å²) in [4.78, 5) is 34.7. The predicted molar refractivity (Wildman–Crippen MR) is 150 cm³/mol. The van der Waals surface area contributed by atoms with Gasteiger partial charge in [0.25, 0.3) is 0 Å². The minimum atomic E-state index is -0.625. The molecule has 3 aromatic carbocycles. The summed E-state index contributed by atoms with van der Waals surface area (Å²) >= 11 is 9.69. The number of halogens is 2. The molecular weight excluding hydrogens is 552 g/mol. The summed E-state index contributed by atoms with van der Waals surface area (Å²) in [6, 6.07) is 25.5. The van der Waals surface area contributed by atoms with Gasteiger partial charge in [0, 0.05) is 44.6 Å². The monoisotopic (exact) mass is 572 g/mol. The maximum Gasteiger partial charge on any atom is 0.249 e. The van der Waals surface area contributed by atoms with Crippen LogP contribution in [0.3, 0.4) is 0 Å². The third kappa shape index (κ3) is 6.13. The molecule has 2 N–H and O–H groups in total. The summed E-state index contributed by atoms with van der Waals surface area (Å²) in [7, 11) is 0. The van der Waals surface area contributed by atoms with Crippen molar-refractivity contribution < 1.29 is 9.59 Å². The number of rotatable bonds is 6. The number of hydrogen-bond acceptors (Lipinski definition) is 4. The molecule has 37 heavy (non-hydrogen) atoms. The van der Waals surface area contributed by atoms with Crippen molar-refractivity contribution in [3.05, 3.63) is 123 Å². The van der Waals surface area contributed by atoms with Gasteiger partial charge in [-0.25, -0.2) is 0 Å². The van der Waals surface area contributed by atoms with E-state index in [4.69, 9.17) is 16.6 Å². The lowest BCUT2D eigenvalue weighted by molar-refractivity contribution is -0.117. The van der Waals surface area contributed by atoms with Crippen molar-refractivity contribution in [2.75, 3.05) is 10.6 Å². The van der Waals surface area contributed by atoms with E-state index in [1.807, 2.05) is 72.8 Å². The molecule has 0 bridgehead atoms. The molecule has 4 aromatic rings. The van der Waals surface area contributed by atoms with Gasteiger partial charge >= 0.3 is 0 Å². The zero-order valence-corrected chi connectivity index (χ0v) is 22.0. The van der Waals surface area contributed by atoms with Crippen molar-refractivity contribution in [1.82, 2.24) is 4.98 Å². The molecule has 1 aliphatic rings. The topological polar surface area (TPSA) is 83.5 Å². The summed E-state index contributed by atoms with van der Waals surface area (Å²) in [5, 5.41) is 6.42. The van der Waals surface area contributed by atoms with Gasteiger partial charge in [-0.15, -0.1) is 0 Å². The Kier molecular flexibility index (Phi) is 7.44. The van der Waals surface area contributed by atoms with Gasteiger partial charge in [-0.3, -0.25) is 19.6 Å². The molecule has 1 unspecified atom stereocenters. The lowest BCUT2D eigenvalue weighted by Gasteiger charge is -2.12. The second-order valence-electron chi connectivity index (χ2n) is 8.63. The molecular formula is C29H22BrClN4O2. The van der Waals surface area contributed by atoms with E-state index in [2.05, 4.69) is 31.5 Å². The average molecular weight is 574 g/mol. The molecule has 2 heterocycles. The number of nitrogens with one attached hydrogen (secondary N) is 2. The number of hydrogen-bond donors (Lipinski definition) is 2. The van der Waals surface area contributed by atoms with Gasteiger partial charge in [-0.1, -0.05) is 57.9 Å². The molecule has 5 rings (SSSR count). The molecule has 184 valence electrons. The van der Waals surface area contributed by atoms with E-state index in [0.29, 0.717) is 34.2 Å². The highest BCUT2D eigenvalue weighted by molar-refractivity contribution is 9.10. The molecule has 1 atom stereocenters. The number of fused-ring (bicyclic) bond motifs is 1. The Labute approximate surface area is 227 Å². The van der Waals surface area contributed by atoms with Crippen molar-refractivity contribution in [3.63, 3.8) is 0 Å². The van der Waals surface area contributed by atoms with Crippen molar-refractivity contribution in [2.24, 2.45) is 4.99 Å². The maximum atomic E-state index is 13.1. The predicted octanol–water partition coefficient (Wildman–Crippen LogP) is 6.08. The Bertz CT molecular complexity index is 1470. The normalized spacial score (nSPS) is 14.7. The summed E-state index contributed by atoms with van der Waals surface area (Å²) in [6.07, 6.45) is 2.31. The molecule has 2 amide bonds. The second-order valence-corrected chi connectivity index (χ2v) is 9.98. The molecule has 0 fully saturated rings. The number of amides is 2. The number of pyridine rings is 1. The second kappa shape index (κ2) is 11.1. The van der Waals surface area contributed by atoms with Crippen LogP contribution in [0.4, 0.5) is 11.4 Å². The Morgan fingerprint density at radius 3 is 2.51 bits per heavy atom. The zero-order valence-electron chi connectivity index (χ0n) is 19.6. The molecule has 1 aliphatic heterocycles. The van der Waals surface area contributed by atoms with Crippen molar-refractivity contribution in [2.45, 2.75) is 18.9 Å². The van der Waals surface area contributed by atoms with Crippen LogP contribution in [0.1, 0.15) is 22.4 Å². The minimum absolute atomic E-state index is 0.150. The number of anilines is 2. The number of benzene rings is 3. The first-order valence-corrected chi connectivity index (χ1v) is 12.8. The molecule has 0 spiro atoms. The summed E-state index contributed by atoms with van der Waals surface area (Å²) in [5.41, 5.74) is 5.26.